The number of primary amides is 1. The van der Waals surface area contributed by atoms with Crippen molar-refractivity contribution in [1.29, 1.82) is 0 Å². The van der Waals surface area contributed by atoms with Crippen molar-refractivity contribution in [3.63, 3.8) is 0 Å². The van der Waals surface area contributed by atoms with E-state index in [9.17, 15) is 14.4 Å². The van der Waals surface area contributed by atoms with Crippen molar-refractivity contribution >= 4 is 29.2 Å². The summed E-state index contributed by atoms with van der Waals surface area (Å²) in [6.45, 7) is 4.24. The quantitative estimate of drug-likeness (QED) is 0.616. The highest BCUT2D eigenvalue weighted by Gasteiger charge is 2.21. The number of nitrogens with one attached hydrogen (secondary N) is 1. The first-order valence-corrected chi connectivity index (χ1v) is 6.54. The van der Waals surface area contributed by atoms with Crippen LogP contribution in [0.2, 0.25) is 0 Å². The van der Waals surface area contributed by atoms with Gasteiger partial charge in [0.05, 0.1) is 23.5 Å². The van der Waals surface area contributed by atoms with Gasteiger partial charge in [-0.05, 0) is 26.0 Å². The van der Waals surface area contributed by atoms with Gasteiger partial charge in [0.2, 0.25) is 0 Å². The van der Waals surface area contributed by atoms with Gasteiger partial charge in [0.1, 0.15) is 0 Å². The van der Waals surface area contributed by atoms with E-state index in [1.54, 1.807) is 31.0 Å². The van der Waals surface area contributed by atoms with Crippen molar-refractivity contribution in [2.45, 2.75) is 13.8 Å². The number of esters is 1. The summed E-state index contributed by atoms with van der Waals surface area (Å²) in [4.78, 5) is 36.5. The van der Waals surface area contributed by atoms with Gasteiger partial charge in [0, 0.05) is 13.6 Å². The summed E-state index contributed by atoms with van der Waals surface area (Å²) in [5, 5.41) is 2.35. The zero-order chi connectivity index (χ0) is 16.0. The lowest BCUT2D eigenvalue weighted by Gasteiger charge is -2.21. The molecule has 0 unspecified atom stereocenters. The SMILES string of the molecule is CCOC(=O)C(=O)Nc1cccc(N(C)CC)c1C(N)=O. The number of hydrogen-bond donors (Lipinski definition) is 2. The number of nitrogens with zero attached hydrogens (tertiary/aromatic N) is 1. The van der Waals surface area contributed by atoms with E-state index < -0.39 is 17.8 Å². The lowest BCUT2D eigenvalue weighted by Crippen LogP contribution is -2.28. The van der Waals surface area contributed by atoms with Gasteiger partial charge in [-0.2, -0.15) is 0 Å². The highest BCUT2D eigenvalue weighted by atomic mass is 16.5. The van der Waals surface area contributed by atoms with Crippen LogP contribution in [0.25, 0.3) is 0 Å². The number of benzene rings is 1. The highest BCUT2D eigenvalue weighted by molar-refractivity contribution is 6.37. The van der Waals surface area contributed by atoms with Crippen LogP contribution in [0.3, 0.4) is 0 Å². The first kappa shape index (κ1) is 16.5. The van der Waals surface area contributed by atoms with Gasteiger partial charge < -0.3 is 20.7 Å². The van der Waals surface area contributed by atoms with E-state index in [-0.39, 0.29) is 17.9 Å². The number of carbonyl (C=O) groups is 3. The van der Waals surface area contributed by atoms with Gasteiger partial charge in [-0.1, -0.05) is 6.07 Å². The van der Waals surface area contributed by atoms with Gasteiger partial charge in [0.15, 0.2) is 0 Å². The second-order valence-electron chi connectivity index (χ2n) is 4.25. The molecule has 0 heterocycles. The van der Waals surface area contributed by atoms with Crippen LogP contribution in [0.5, 0.6) is 0 Å². The molecule has 0 fully saturated rings. The predicted octanol–water partition coefficient (Wildman–Crippen LogP) is 0.743. The number of amides is 2. The topological polar surface area (TPSA) is 102 Å². The minimum atomic E-state index is -1.01. The molecule has 7 heteroatoms. The molecule has 0 saturated heterocycles. The van der Waals surface area contributed by atoms with Gasteiger partial charge >= 0.3 is 11.9 Å². The molecule has 0 aliphatic heterocycles. The van der Waals surface area contributed by atoms with Crippen LogP contribution in [-0.4, -0.2) is 38.0 Å². The Labute approximate surface area is 123 Å². The van der Waals surface area contributed by atoms with Crippen LogP contribution < -0.4 is 16.0 Å². The van der Waals surface area contributed by atoms with Gasteiger partial charge in [-0.25, -0.2) is 4.79 Å². The van der Waals surface area contributed by atoms with E-state index in [1.807, 2.05) is 6.92 Å². The number of ether oxygens (including phenoxy) is 1. The molecule has 0 bridgehead atoms. The van der Waals surface area contributed by atoms with Crippen molar-refractivity contribution in [1.82, 2.24) is 0 Å². The Hall–Kier alpha value is -2.57. The molecule has 0 atom stereocenters. The van der Waals surface area contributed by atoms with Crippen molar-refractivity contribution in [3.8, 4) is 0 Å². The monoisotopic (exact) mass is 293 g/mol. The number of hydrogen-bond acceptors (Lipinski definition) is 5. The summed E-state index contributed by atoms with van der Waals surface area (Å²) in [7, 11) is 1.79. The number of carbonyl (C=O) groups excluding carboxylic acids is 3. The van der Waals surface area contributed by atoms with Gasteiger partial charge in [-0.15, -0.1) is 0 Å². The first-order valence-electron chi connectivity index (χ1n) is 6.54. The van der Waals surface area contributed by atoms with Crippen LogP contribution in [0.15, 0.2) is 18.2 Å². The van der Waals surface area contributed by atoms with Gasteiger partial charge in [0.25, 0.3) is 5.91 Å². The molecule has 1 aromatic carbocycles. The Bertz CT molecular complexity index is 557. The smallest absolute Gasteiger partial charge is 0.397 e. The molecule has 2 amide bonds. The molecule has 21 heavy (non-hydrogen) atoms. The Kier molecular flexibility index (Phi) is 5.71. The molecule has 0 aliphatic carbocycles. The highest BCUT2D eigenvalue weighted by Crippen LogP contribution is 2.26. The Morgan fingerprint density at radius 2 is 1.95 bits per heavy atom. The molecule has 0 aromatic heterocycles. The Morgan fingerprint density at radius 1 is 1.29 bits per heavy atom. The lowest BCUT2D eigenvalue weighted by atomic mass is 10.1. The van der Waals surface area contributed by atoms with Crippen molar-refractivity contribution < 1.29 is 19.1 Å². The summed E-state index contributed by atoms with van der Waals surface area (Å²) in [5.74, 6) is -2.65. The molecule has 0 spiro atoms. The van der Waals surface area contributed by atoms with Crippen molar-refractivity contribution in [2.24, 2.45) is 5.73 Å². The average molecular weight is 293 g/mol. The second-order valence-corrected chi connectivity index (χ2v) is 4.25. The van der Waals surface area contributed by atoms with E-state index >= 15 is 0 Å². The van der Waals surface area contributed by atoms with Crippen LogP contribution in [-0.2, 0) is 14.3 Å². The largest absolute Gasteiger partial charge is 0.459 e. The molecule has 1 rings (SSSR count). The molecule has 1 aromatic rings. The van der Waals surface area contributed by atoms with E-state index in [0.29, 0.717) is 12.2 Å². The van der Waals surface area contributed by atoms with Crippen LogP contribution in [0, 0.1) is 0 Å². The van der Waals surface area contributed by atoms with Gasteiger partial charge in [-0.3, -0.25) is 9.59 Å². The number of rotatable bonds is 5. The van der Waals surface area contributed by atoms with Crippen LogP contribution in [0.4, 0.5) is 11.4 Å². The van der Waals surface area contributed by atoms with E-state index in [0.717, 1.165) is 0 Å². The normalized spacial score (nSPS) is 9.86. The molecule has 3 N–H and O–H groups in total. The predicted molar refractivity (Wildman–Crippen MR) is 79.2 cm³/mol. The van der Waals surface area contributed by atoms with Crippen LogP contribution >= 0.6 is 0 Å². The minimum absolute atomic E-state index is 0.0908. The molecule has 114 valence electrons. The lowest BCUT2D eigenvalue weighted by molar-refractivity contribution is -0.152. The Morgan fingerprint density at radius 3 is 2.48 bits per heavy atom. The summed E-state index contributed by atoms with van der Waals surface area (Å²) in [6.07, 6.45) is 0. The van der Waals surface area contributed by atoms with Crippen LogP contribution in [0.1, 0.15) is 24.2 Å². The van der Waals surface area contributed by atoms with E-state index in [4.69, 9.17) is 5.73 Å². The fourth-order valence-corrected chi connectivity index (χ4v) is 1.76. The molecular weight excluding hydrogens is 274 g/mol. The van der Waals surface area contributed by atoms with E-state index in [2.05, 4.69) is 10.1 Å². The molecule has 0 radical (unpaired) electrons. The first-order chi connectivity index (χ1) is 9.92. The summed E-state index contributed by atoms with van der Waals surface area (Å²) in [6, 6.07) is 4.88. The third kappa shape index (κ3) is 3.95. The summed E-state index contributed by atoms with van der Waals surface area (Å²) in [5.41, 5.74) is 6.29. The maximum atomic E-state index is 11.7. The number of nitrogens with two attached hydrogens (primary N) is 1. The maximum Gasteiger partial charge on any atom is 0.397 e. The fraction of sp³-hybridized carbons (Fsp3) is 0.357. The van der Waals surface area contributed by atoms with E-state index in [1.165, 1.54) is 6.07 Å². The average Bonchev–Trinajstić information content (AvgIpc) is 2.46. The van der Waals surface area contributed by atoms with Crippen molar-refractivity contribution in [3.05, 3.63) is 23.8 Å². The fourth-order valence-electron chi connectivity index (χ4n) is 1.76. The zero-order valence-corrected chi connectivity index (χ0v) is 12.3. The maximum absolute atomic E-state index is 11.7. The molecular formula is C14H19N3O4. The second kappa shape index (κ2) is 7.28. The number of anilines is 2. The summed E-state index contributed by atoms with van der Waals surface area (Å²) >= 11 is 0. The summed E-state index contributed by atoms with van der Waals surface area (Å²) < 4.78 is 4.60. The molecule has 0 saturated carbocycles. The molecule has 7 nitrogen and oxygen atoms in total. The minimum Gasteiger partial charge on any atom is -0.459 e. The Balaban J connectivity index is 3.15. The zero-order valence-electron chi connectivity index (χ0n) is 12.3. The molecule has 0 aliphatic rings. The van der Waals surface area contributed by atoms with Crippen molar-refractivity contribution in [2.75, 3.05) is 30.4 Å². The standard InChI is InChI=1S/C14H19N3O4/c1-4-17(3)10-8-6-7-9(11(10)12(15)18)16-13(19)14(20)21-5-2/h6-8H,4-5H2,1-3H3,(H2,15,18)(H,16,19). The third-order valence-corrected chi connectivity index (χ3v) is 2.88. The third-order valence-electron chi connectivity index (χ3n) is 2.88.